The van der Waals surface area contributed by atoms with Crippen molar-refractivity contribution in [3.8, 4) is 0 Å². The second-order valence-corrected chi connectivity index (χ2v) is 4.04. The zero-order chi connectivity index (χ0) is 9.84. The SMILES string of the molecule is CCSc1cnc(C(N)=O)c(Cl)c1. The van der Waals surface area contributed by atoms with Gasteiger partial charge in [0.2, 0.25) is 0 Å². The molecule has 0 saturated carbocycles. The van der Waals surface area contributed by atoms with E-state index in [4.69, 9.17) is 17.3 Å². The van der Waals surface area contributed by atoms with E-state index in [0.29, 0.717) is 5.02 Å². The smallest absolute Gasteiger partial charge is 0.268 e. The zero-order valence-electron chi connectivity index (χ0n) is 7.08. The number of halogens is 1. The molecule has 13 heavy (non-hydrogen) atoms. The second kappa shape index (κ2) is 4.48. The molecule has 1 aromatic heterocycles. The van der Waals surface area contributed by atoms with Gasteiger partial charge in [0.15, 0.2) is 0 Å². The Morgan fingerprint density at radius 1 is 1.77 bits per heavy atom. The Balaban J connectivity index is 2.98. The van der Waals surface area contributed by atoms with Crippen molar-refractivity contribution in [2.45, 2.75) is 11.8 Å². The highest BCUT2D eigenvalue weighted by molar-refractivity contribution is 7.99. The highest BCUT2D eigenvalue weighted by Gasteiger charge is 2.08. The van der Waals surface area contributed by atoms with Gasteiger partial charge in [0.25, 0.3) is 5.91 Å². The topological polar surface area (TPSA) is 56.0 Å². The molecule has 70 valence electrons. The standard InChI is InChI=1S/C8H9ClN2OS/c1-2-13-5-3-6(9)7(8(10)12)11-4-5/h3-4H,2H2,1H3,(H2,10,12). The van der Waals surface area contributed by atoms with Crippen LogP contribution in [0.1, 0.15) is 17.4 Å². The van der Waals surface area contributed by atoms with E-state index >= 15 is 0 Å². The molecule has 0 aliphatic carbocycles. The lowest BCUT2D eigenvalue weighted by Crippen LogP contribution is -2.13. The number of pyridine rings is 1. The first-order valence-electron chi connectivity index (χ1n) is 3.73. The third kappa shape index (κ3) is 2.60. The first kappa shape index (κ1) is 10.3. The van der Waals surface area contributed by atoms with Gasteiger partial charge in [-0.1, -0.05) is 18.5 Å². The Morgan fingerprint density at radius 3 is 2.92 bits per heavy atom. The molecule has 2 N–H and O–H groups in total. The van der Waals surface area contributed by atoms with Crippen molar-refractivity contribution in [2.24, 2.45) is 5.73 Å². The molecule has 3 nitrogen and oxygen atoms in total. The molecule has 0 unspecified atom stereocenters. The molecule has 1 aromatic rings. The Hall–Kier alpha value is -0.740. The Morgan fingerprint density at radius 2 is 2.46 bits per heavy atom. The molecule has 1 rings (SSSR count). The fourth-order valence-corrected chi connectivity index (χ4v) is 1.83. The largest absolute Gasteiger partial charge is 0.364 e. The number of aromatic nitrogens is 1. The molecule has 1 amide bonds. The quantitative estimate of drug-likeness (QED) is 0.786. The van der Waals surface area contributed by atoms with Crippen LogP contribution in [0.5, 0.6) is 0 Å². The van der Waals surface area contributed by atoms with E-state index in [1.807, 2.05) is 6.92 Å². The van der Waals surface area contributed by atoms with Crippen LogP contribution < -0.4 is 5.73 Å². The normalized spacial score (nSPS) is 10.0. The maximum atomic E-state index is 10.8. The van der Waals surface area contributed by atoms with Gasteiger partial charge in [-0.25, -0.2) is 4.98 Å². The van der Waals surface area contributed by atoms with E-state index in [0.717, 1.165) is 10.6 Å². The lowest BCUT2D eigenvalue weighted by atomic mass is 10.3. The third-order valence-electron chi connectivity index (χ3n) is 1.36. The van der Waals surface area contributed by atoms with E-state index in [2.05, 4.69) is 4.98 Å². The molecule has 0 aliphatic rings. The number of thioether (sulfide) groups is 1. The monoisotopic (exact) mass is 216 g/mol. The number of primary amides is 1. The van der Waals surface area contributed by atoms with Crippen LogP contribution in [0, 0.1) is 0 Å². The Kier molecular flexibility index (Phi) is 3.57. The fraction of sp³-hybridized carbons (Fsp3) is 0.250. The number of amides is 1. The lowest BCUT2D eigenvalue weighted by molar-refractivity contribution is 0.0995. The van der Waals surface area contributed by atoms with Crippen LogP contribution >= 0.6 is 23.4 Å². The summed E-state index contributed by atoms with van der Waals surface area (Å²) in [5.41, 5.74) is 5.17. The molecule has 1 heterocycles. The van der Waals surface area contributed by atoms with Crippen LogP contribution in [0.2, 0.25) is 5.02 Å². The average Bonchev–Trinajstić information content (AvgIpc) is 2.04. The van der Waals surface area contributed by atoms with Crippen LogP contribution in [0.15, 0.2) is 17.2 Å². The minimum atomic E-state index is -0.599. The summed E-state index contributed by atoms with van der Waals surface area (Å²) in [6.07, 6.45) is 1.60. The molecule has 0 aliphatic heterocycles. The van der Waals surface area contributed by atoms with Gasteiger partial charge in [-0.2, -0.15) is 0 Å². The van der Waals surface area contributed by atoms with Crippen LogP contribution in [0.3, 0.4) is 0 Å². The summed E-state index contributed by atoms with van der Waals surface area (Å²) in [5.74, 6) is 0.339. The predicted octanol–water partition coefficient (Wildman–Crippen LogP) is 1.95. The lowest BCUT2D eigenvalue weighted by Gasteiger charge is -2.01. The summed E-state index contributed by atoms with van der Waals surface area (Å²) in [6, 6.07) is 1.70. The van der Waals surface area contributed by atoms with E-state index in [1.54, 1.807) is 24.0 Å². The Bertz CT molecular complexity index is 330. The molecule has 0 atom stereocenters. The van der Waals surface area contributed by atoms with E-state index in [9.17, 15) is 4.79 Å². The van der Waals surface area contributed by atoms with Crippen molar-refractivity contribution >= 4 is 29.3 Å². The molecule has 0 saturated heterocycles. The summed E-state index contributed by atoms with van der Waals surface area (Å²) in [4.78, 5) is 15.6. The predicted molar refractivity (Wildman–Crippen MR) is 54.2 cm³/mol. The number of hydrogen-bond donors (Lipinski definition) is 1. The molecule has 0 bridgehead atoms. The first-order chi connectivity index (χ1) is 6.15. The summed E-state index contributed by atoms with van der Waals surface area (Å²) < 4.78 is 0. The van der Waals surface area contributed by atoms with Gasteiger partial charge >= 0.3 is 0 Å². The van der Waals surface area contributed by atoms with Crippen LogP contribution in [-0.4, -0.2) is 16.6 Å². The summed E-state index contributed by atoms with van der Waals surface area (Å²) in [5, 5.41) is 0.311. The first-order valence-corrected chi connectivity index (χ1v) is 5.09. The van der Waals surface area contributed by atoms with Gasteiger partial charge in [0, 0.05) is 11.1 Å². The second-order valence-electron chi connectivity index (χ2n) is 2.30. The molecular weight excluding hydrogens is 208 g/mol. The van der Waals surface area contributed by atoms with Gasteiger partial charge in [-0.3, -0.25) is 4.79 Å². The number of nitrogens with two attached hydrogens (primary N) is 1. The minimum Gasteiger partial charge on any atom is -0.364 e. The summed E-state index contributed by atoms with van der Waals surface area (Å²) in [7, 11) is 0. The van der Waals surface area contributed by atoms with Gasteiger partial charge in [0.1, 0.15) is 5.69 Å². The van der Waals surface area contributed by atoms with Crippen molar-refractivity contribution in [2.75, 3.05) is 5.75 Å². The van der Waals surface area contributed by atoms with Crippen molar-refractivity contribution in [1.29, 1.82) is 0 Å². The van der Waals surface area contributed by atoms with Crippen LogP contribution in [0.4, 0.5) is 0 Å². The fourth-order valence-electron chi connectivity index (χ4n) is 0.847. The van der Waals surface area contributed by atoms with E-state index < -0.39 is 5.91 Å². The molecule has 0 fully saturated rings. The summed E-state index contributed by atoms with van der Waals surface area (Å²) >= 11 is 7.39. The van der Waals surface area contributed by atoms with Crippen LogP contribution in [-0.2, 0) is 0 Å². The van der Waals surface area contributed by atoms with Crippen molar-refractivity contribution in [3.63, 3.8) is 0 Å². The molecule has 0 radical (unpaired) electrons. The maximum absolute atomic E-state index is 10.8. The number of rotatable bonds is 3. The third-order valence-corrected chi connectivity index (χ3v) is 2.49. The maximum Gasteiger partial charge on any atom is 0.268 e. The highest BCUT2D eigenvalue weighted by atomic mass is 35.5. The average molecular weight is 217 g/mol. The number of carbonyl (C=O) groups excluding carboxylic acids is 1. The molecule has 5 heteroatoms. The summed E-state index contributed by atoms with van der Waals surface area (Å²) in [6.45, 7) is 2.03. The zero-order valence-corrected chi connectivity index (χ0v) is 8.65. The van der Waals surface area contributed by atoms with Crippen molar-refractivity contribution < 1.29 is 4.79 Å². The van der Waals surface area contributed by atoms with Gasteiger partial charge in [0.05, 0.1) is 5.02 Å². The molecule has 0 spiro atoms. The number of carbonyl (C=O) groups is 1. The van der Waals surface area contributed by atoms with Gasteiger partial charge in [-0.15, -0.1) is 11.8 Å². The van der Waals surface area contributed by atoms with E-state index in [-0.39, 0.29) is 5.69 Å². The van der Waals surface area contributed by atoms with E-state index in [1.165, 1.54) is 0 Å². The van der Waals surface area contributed by atoms with Crippen LogP contribution in [0.25, 0.3) is 0 Å². The Labute approximate surface area is 85.7 Å². The van der Waals surface area contributed by atoms with Crippen molar-refractivity contribution in [1.82, 2.24) is 4.98 Å². The number of nitrogens with zero attached hydrogens (tertiary/aromatic N) is 1. The van der Waals surface area contributed by atoms with Gasteiger partial charge in [-0.05, 0) is 11.8 Å². The number of hydrogen-bond acceptors (Lipinski definition) is 3. The van der Waals surface area contributed by atoms with Crippen molar-refractivity contribution in [3.05, 3.63) is 23.0 Å². The minimum absolute atomic E-state index is 0.127. The van der Waals surface area contributed by atoms with Gasteiger partial charge < -0.3 is 5.73 Å². The highest BCUT2D eigenvalue weighted by Crippen LogP contribution is 2.22. The molecular formula is C8H9ClN2OS. The molecule has 0 aromatic carbocycles.